The van der Waals surface area contributed by atoms with Crippen molar-refractivity contribution in [1.29, 1.82) is 0 Å². The number of nitrogens with zero attached hydrogens (tertiary/aromatic N) is 1. The monoisotopic (exact) mass is 396 g/mol. The quantitative estimate of drug-likeness (QED) is 0.573. The molecule has 1 heterocycles. The van der Waals surface area contributed by atoms with Gasteiger partial charge in [-0.1, -0.05) is 36.3 Å². The fourth-order valence-electron chi connectivity index (χ4n) is 3.29. The smallest absolute Gasteiger partial charge is 0.357 e. The van der Waals surface area contributed by atoms with Gasteiger partial charge in [0.25, 0.3) is 0 Å². The van der Waals surface area contributed by atoms with E-state index in [1.165, 1.54) is 0 Å². The lowest BCUT2D eigenvalue weighted by Crippen LogP contribution is -2.51. The second kappa shape index (κ2) is 8.66. The topological polar surface area (TPSA) is 67.9 Å². The van der Waals surface area contributed by atoms with Gasteiger partial charge in [-0.2, -0.15) is 0 Å². The van der Waals surface area contributed by atoms with E-state index in [0.29, 0.717) is 30.6 Å². The molecular formula is C23H28N2O4. The van der Waals surface area contributed by atoms with Crippen LogP contribution in [0.2, 0.25) is 0 Å². The summed E-state index contributed by atoms with van der Waals surface area (Å²) in [6, 6.07) is 14.5. The number of anilines is 1. The zero-order chi connectivity index (χ0) is 21.0. The van der Waals surface area contributed by atoms with Crippen LogP contribution in [0.25, 0.3) is 0 Å². The van der Waals surface area contributed by atoms with Gasteiger partial charge in [0.1, 0.15) is 5.75 Å². The maximum atomic E-state index is 12.7. The van der Waals surface area contributed by atoms with Crippen LogP contribution < -0.4 is 10.1 Å². The number of nitrogens with one attached hydrogen (secondary N) is 1. The molecule has 0 fully saturated rings. The van der Waals surface area contributed by atoms with E-state index < -0.39 is 17.7 Å². The Labute approximate surface area is 171 Å². The first-order valence-electron chi connectivity index (χ1n) is 9.94. The lowest BCUT2D eigenvalue weighted by atomic mass is 10.0. The highest BCUT2D eigenvalue weighted by Gasteiger charge is 2.34. The van der Waals surface area contributed by atoms with Gasteiger partial charge in [-0.15, -0.1) is 0 Å². The van der Waals surface area contributed by atoms with Crippen LogP contribution in [0.5, 0.6) is 5.75 Å². The highest BCUT2D eigenvalue weighted by molar-refractivity contribution is 5.94. The molecule has 0 aromatic heterocycles. The van der Waals surface area contributed by atoms with Crippen molar-refractivity contribution in [1.82, 2.24) is 5.06 Å². The molecule has 6 nitrogen and oxygen atoms in total. The summed E-state index contributed by atoms with van der Waals surface area (Å²) in [4.78, 5) is 30.2. The maximum Gasteiger partial charge on any atom is 0.357 e. The fraction of sp³-hybridized carbons (Fsp3) is 0.391. The largest absolute Gasteiger partial charge is 0.472 e. The Morgan fingerprint density at radius 3 is 2.48 bits per heavy atom. The van der Waals surface area contributed by atoms with E-state index >= 15 is 0 Å². The zero-order valence-corrected chi connectivity index (χ0v) is 17.4. The molecule has 0 spiro atoms. The minimum absolute atomic E-state index is 0.00907. The molecule has 6 heteroatoms. The molecule has 1 N–H and O–H groups in total. The van der Waals surface area contributed by atoms with E-state index in [1.807, 2.05) is 52.0 Å². The minimum Gasteiger partial charge on any atom is -0.472 e. The number of ether oxygens (including phenoxy) is 1. The molecule has 1 atom stereocenters. The van der Waals surface area contributed by atoms with Gasteiger partial charge in [0.2, 0.25) is 5.91 Å². The number of hydroxylamine groups is 2. The van der Waals surface area contributed by atoms with Crippen LogP contribution in [0.1, 0.15) is 56.5 Å². The highest BCUT2D eigenvalue weighted by Crippen LogP contribution is 2.33. The van der Waals surface area contributed by atoms with Crippen molar-refractivity contribution in [2.75, 3.05) is 5.32 Å². The predicted molar refractivity (Wildman–Crippen MR) is 112 cm³/mol. The zero-order valence-electron chi connectivity index (χ0n) is 17.4. The average Bonchev–Trinajstić information content (AvgIpc) is 2.70. The van der Waals surface area contributed by atoms with Gasteiger partial charge < -0.3 is 14.9 Å². The first-order chi connectivity index (χ1) is 13.8. The number of carbonyl (C=O) groups excluding carboxylic acids is 2. The van der Waals surface area contributed by atoms with Crippen LogP contribution in [-0.2, 0) is 16.1 Å². The van der Waals surface area contributed by atoms with Gasteiger partial charge >= 0.3 is 5.97 Å². The summed E-state index contributed by atoms with van der Waals surface area (Å²) >= 11 is 0. The number of hydrogen-bond donors (Lipinski definition) is 1. The molecule has 1 aliphatic rings. The van der Waals surface area contributed by atoms with E-state index in [-0.39, 0.29) is 5.91 Å². The summed E-state index contributed by atoms with van der Waals surface area (Å²) in [5.41, 5.74) is 1.75. The molecule has 0 radical (unpaired) electrons. The number of amides is 1. The summed E-state index contributed by atoms with van der Waals surface area (Å²) in [5.74, 6) is 0.277. The molecule has 1 amide bonds. The summed E-state index contributed by atoms with van der Waals surface area (Å²) in [7, 11) is 0. The number of hydrogen-bond acceptors (Lipinski definition) is 5. The molecule has 1 aliphatic heterocycles. The second-order valence-corrected chi connectivity index (χ2v) is 8.05. The Morgan fingerprint density at radius 2 is 1.83 bits per heavy atom. The number of carbonyl (C=O) groups is 2. The van der Waals surface area contributed by atoms with Crippen molar-refractivity contribution in [3.05, 3.63) is 59.7 Å². The summed E-state index contributed by atoms with van der Waals surface area (Å²) in [6.07, 6.45) is 1.17. The van der Waals surface area contributed by atoms with E-state index in [1.54, 1.807) is 29.3 Å². The first-order valence-corrected chi connectivity index (χ1v) is 9.94. The Balaban J connectivity index is 1.84. The molecule has 154 valence electrons. The Kier molecular flexibility index (Phi) is 6.23. The van der Waals surface area contributed by atoms with Crippen LogP contribution in [0.15, 0.2) is 48.5 Å². The molecule has 0 bridgehead atoms. The summed E-state index contributed by atoms with van der Waals surface area (Å²) in [6.45, 7) is 7.89. The molecule has 0 saturated heterocycles. The Bertz CT molecular complexity index is 874. The van der Waals surface area contributed by atoms with E-state index in [4.69, 9.17) is 9.57 Å². The van der Waals surface area contributed by atoms with Crippen molar-refractivity contribution in [2.45, 2.75) is 58.7 Å². The van der Waals surface area contributed by atoms with Gasteiger partial charge in [-0.05, 0) is 57.9 Å². The summed E-state index contributed by atoms with van der Waals surface area (Å²) < 4.78 is 6.32. The number of rotatable bonds is 6. The highest BCUT2D eigenvalue weighted by atomic mass is 16.7. The summed E-state index contributed by atoms with van der Waals surface area (Å²) in [5, 5.41) is 4.50. The second-order valence-electron chi connectivity index (χ2n) is 8.05. The third kappa shape index (κ3) is 4.95. The van der Waals surface area contributed by atoms with Crippen LogP contribution in [0, 0.1) is 0 Å². The van der Waals surface area contributed by atoms with Crippen molar-refractivity contribution in [2.24, 2.45) is 0 Å². The van der Waals surface area contributed by atoms with Crippen LogP contribution in [-0.4, -0.2) is 28.7 Å². The number of fused-ring (bicyclic) bond motifs is 1. The fourth-order valence-corrected chi connectivity index (χ4v) is 3.29. The molecule has 1 unspecified atom stereocenters. The third-order valence-corrected chi connectivity index (χ3v) is 4.73. The van der Waals surface area contributed by atoms with Crippen molar-refractivity contribution >= 4 is 17.6 Å². The van der Waals surface area contributed by atoms with Crippen molar-refractivity contribution in [3.63, 3.8) is 0 Å². The van der Waals surface area contributed by atoms with Crippen LogP contribution >= 0.6 is 0 Å². The van der Waals surface area contributed by atoms with Crippen LogP contribution in [0.4, 0.5) is 5.69 Å². The minimum atomic E-state index is -0.480. The van der Waals surface area contributed by atoms with E-state index in [9.17, 15) is 9.59 Å². The molecular weight excluding hydrogens is 368 g/mol. The average molecular weight is 396 g/mol. The normalized spacial score (nSPS) is 14.7. The Hall–Kier alpha value is -2.86. The Morgan fingerprint density at radius 1 is 1.10 bits per heavy atom. The molecule has 29 heavy (non-hydrogen) atoms. The van der Waals surface area contributed by atoms with E-state index in [0.717, 1.165) is 11.3 Å². The SMILES string of the molecule is CCC(Oc1cccc2c1CCC(=O)N2)N(OC(=O)c1ccccc1)C(C)(C)C. The van der Waals surface area contributed by atoms with Crippen LogP contribution in [0.3, 0.4) is 0 Å². The lowest BCUT2D eigenvalue weighted by molar-refractivity contribution is -0.235. The van der Waals surface area contributed by atoms with Crippen molar-refractivity contribution < 1.29 is 19.2 Å². The van der Waals surface area contributed by atoms with Gasteiger partial charge in [-0.3, -0.25) is 4.79 Å². The molecule has 0 saturated carbocycles. The lowest BCUT2D eigenvalue weighted by Gasteiger charge is -2.39. The molecule has 2 aromatic carbocycles. The van der Waals surface area contributed by atoms with Gasteiger partial charge in [0.15, 0.2) is 6.23 Å². The van der Waals surface area contributed by atoms with Gasteiger partial charge in [0, 0.05) is 17.7 Å². The third-order valence-electron chi connectivity index (χ3n) is 4.73. The number of benzene rings is 2. The standard InChI is InChI=1S/C23H28N2O4/c1-5-21(28-19-13-9-12-18-17(19)14-15-20(26)24-18)25(23(2,3)4)29-22(27)16-10-7-6-8-11-16/h6-13,21H,5,14-15H2,1-4H3,(H,24,26). The van der Waals surface area contributed by atoms with Gasteiger partial charge in [-0.25, -0.2) is 4.79 Å². The molecule has 3 rings (SSSR count). The van der Waals surface area contributed by atoms with Crippen molar-refractivity contribution in [3.8, 4) is 5.75 Å². The molecule has 0 aliphatic carbocycles. The van der Waals surface area contributed by atoms with Gasteiger partial charge in [0.05, 0.1) is 11.1 Å². The predicted octanol–water partition coefficient (Wildman–Crippen LogP) is 4.56. The maximum absolute atomic E-state index is 12.7. The molecule has 2 aromatic rings. The van der Waals surface area contributed by atoms with E-state index in [2.05, 4.69) is 5.32 Å². The first kappa shape index (κ1) is 20.9.